The van der Waals surface area contributed by atoms with E-state index in [9.17, 15) is 5.11 Å². The zero-order valence-electron chi connectivity index (χ0n) is 11.4. The van der Waals surface area contributed by atoms with Gasteiger partial charge in [-0.05, 0) is 37.9 Å². The van der Waals surface area contributed by atoms with Crippen molar-refractivity contribution in [2.75, 3.05) is 25.0 Å². The molecule has 2 N–H and O–H groups in total. The molecule has 106 valence electrons. The number of anilines is 1. The molecule has 1 aromatic heterocycles. The number of hydrogen-bond donors (Lipinski definition) is 2. The van der Waals surface area contributed by atoms with Gasteiger partial charge in [-0.3, -0.25) is 4.90 Å². The monoisotopic (exact) mass is 283 g/mol. The van der Waals surface area contributed by atoms with Crippen LogP contribution in [-0.2, 0) is 6.54 Å². The molecule has 0 aromatic carbocycles. The van der Waals surface area contributed by atoms with Crippen molar-refractivity contribution in [3.05, 3.63) is 22.8 Å². The molecule has 2 rings (SSSR count). The molecule has 1 unspecified atom stereocenters. The maximum absolute atomic E-state index is 9.35. The first-order chi connectivity index (χ1) is 9.24. The highest BCUT2D eigenvalue weighted by molar-refractivity contribution is 6.31. The predicted molar refractivity (Wildman–Crippen MR) is 78.5 cm³/mol. The molecule has 0 amide bonds. The zero-order chi connectivity index (χ0) is 13.7. The maximum atomic E-state index is 9.35. The molecule has 4 nitrogen and oxygen atoms in total. The van der Waals surface area contributed by atoms with Crippen LogP contribution in [0.25, 0.3) is 0 Å². The summed E-state index contributed by atoms with van der Waals surface area (Å²) in [5.41, 5.74) is 0.892. The summed E-state index contributed by atoms with van der Waals surface area (Å²) in [5, 5.41) is 13.3. The average Bonchev–Trinajstić information content (AvgIpc) is 2.87. The molecule has 0 radical (unpaired) electrons. The van der Waals surface area contributed by atoms with Gasteiger partial charge in [0.05, 0.1) is 17.3 Å². The standard InChI is InChI=1S/C14H22ClN3O/c1-2-7-16-14-6-5-12(15)13(17-14)9-18-8-3-4-11(18)10-19/h5-6,11,19H,2-4,7-10H2,1H3,(H,16,17). The van der Waals surface area contributed by atoms with Gasteiger partial charge in [-0.25, -0.2) is 4.98 Å². The Bertz CT molecular complexity index is 414. The molecule has 0 saturated carbocycles. The lowest BCUT2D eigenvalue weighted by atomic mass is 10.2. The van der Waals surface area contributed by atoms with Crippen molar-refractivity contribution in [3.63, 3.8) is 0 Å². The number of aromatic nitrogens is 1. The fourth-order valence-electron chi connectivity index (χ4n) is 2.45. The topological polar surface area (TPSA) is 48.4 Å². The van der Waals surface area contributed by atoms with Gasteiger partial charge < -0.3 is 10.4 Å². The van der Waals surface area contributed by atoms with Crippen molar-refractivity contribution in [1.29, 1.82) is 0 Å². The summed E-state index contributed by atoms with van der Waals surface area (Å²) in [6.45, 7) is 4.98. The molecule has 1 aliphatic rings. The maximum Gasteiger partial charge on any atom is 0.126 e. The molecule has 1 fully saturated rings. The van der Waals surface area contributed by atoms with Gasteiger partial charge in [0, 0.05) is 19.1 Å². The molecule has 0 aliphatic carbocycles. The van der Waals surface area contributed by atoms with E-state index >= 15 is 0 Å². The van der Waals surface area contributed by atoms with E-state index in [-0.39, 0.29) is 12.6 Å². The van der Waals surface area contributed by atoms with E-state index < -0.39 is 0 Å². The Morgan fingerprint density at radius 3 is 3.11 bits per heavy atom. The second-order valence-electron chi connectivity index (χ2n) is 5.00. The number of nitrogens with one attached hydrogen (secondary N) is 1. The van der Waals surface area contributed by atoms with Gasteiger partial charge in [-0.1, -0.05) is 18.5 Å². The minimum Gasteiger partial charge on any atom is -0.395 e. The lowest BCUT2D eigenvalue weighted by Crippen LogP contribution is -2.32. The molecular formula is C14H22ClN3O. The van der Waals surface area contributed by atoms with Gasteiger partial charge in [0.2, 0.25) is 0 Å². The molecule has 1 aliphatic heterocycles. The quantitative estimate of drug-likeness (QED) is 0.842. The first-order valence-corrected chi connectivity index (χ1v) is 7.36. The molecule has 1 saturated heterocycles. The van der Waals surface area contributed by atoms with Gasteiger partial charge in [0.15, 0.2) is 0 Å². The van der Waals surface area contributed by atoms with Crippen LogP contribution in [0.5, 0.6) is 0 Å². The molecule has 5 heteroatoms. The number of rotatable bonds is 6. The summed E-state index contributed by atoms with van der Waals surface area (Å²) in [7, 11) is 0. The molecule has 2 heterocycles. The van der Waals surface area contributed by atoms with Gasteiger partial charge in [-0.2, -0.15) is 0 Å². The lowest BCUT2D eigenvalue weighted by Gasteiger charge is -2.22. The molecule has 19 heavy (non-hydrogen) atoms. The number of likely N-dealkylation sites (tertiary alicyclic amines) is 1. The summed E-state index contributed by atoms with van der Waals surface area (Å²) in [6, 6.07) is 4.06. The van der Waals surface area contributed by atoms with E-state index in [2.05, 4.69) is 22.1 Å². The second-order valence-corrected chi connectivity index (χ2v) is 5.41. The Labute approximate surface area is 119 Å². The van der Waals surface area contributed by atoms with E-state index in [1.165, 1.54) is 0 Å². The highest BCUT2D eigenvalue weighted by Gasteiger charge is 2.24. The third-order valence-electron chi connectivity index (χ3n) is 3.54. The normalized spacial score (nSPS) is 19.8. The third-order valence-corrected chi connectivity index (χ3v) is 3.88. The summed E-state index contributed by atoms with van der Waals surface area (Å²) in [5.74, 6) is 0.876. The van der Waals surface area contributed by atoms with Crippen LogP contribution in [-0.4, -0.2) is 40.7 Å². The Hall–Kier alpha value is -0.840. The van der Waals surface area contributed by atoms with Crippen LogP contribution in [0, 0.1) is 0 Å². The first-order valence-electron chi connectivity index (χ1n) is 6.98. The smallest absolute Gasteiger partial charge is 0.126 e. The van der Waals surface area contributed by atoms with E-state index in [4.69, 9.17) is 11.6 Å². The van der Waals surface area contributed by atoms with Crippen molar-refractivity contribution < 1.29 is 5.11 Å². The third kappa shape index (κ3) is 3.81. The van der Waals surface area contributed by atoms with Crippen LogP contribution in [0.2, 0.25) is 5.02 Å². The van der Waals surface area contributed by atoms with Crippen molar-refractivity contribution in [1.82, 2.24) is 9.88 Å². The number of hydrogen-bond acceptors (Lipinski definition) is 4. The van der Waals surface area contributed by atoms with E-state index in [1.807, 2.05) is 12.1 Å². The number of halogens is 1. The minimum absolute atomic E-state index is 0.214. The number of pyridine rings is 1. The summed E-state index contributed by atoms with van der Waals surface area (Å²) in [6.07, 6.45) is 3.26. The van der Waals surface area contributed by atoms with Gasteiger partial charge in [0.1, 0.15) is 5.82 Å². The number of aliphatic hydroxyl groups is 1. The molecular weight excluding hydrogens is 262 g/mol. The summed E-state index contributed by atoms with van der Waals surface area (Å²) >= 11 is 6.22. The lowest BCUT2D eigenvalue weighted by molar-refractivity contribution is 0.152. The fraction of sp³-hybridized carbons (Fsp3) is 0.643. The van der Waals surface area contributed by atoms with Crippen LogP contribution in [0.3, 0.4) is 0 Å². The highest BCUT2D eigenvalue weighted by atomic mass is 35.5. The van der Waals surface area contributed by atoms with Gasteiger partial charge in [0.25, 0.3) is 0 Å². The van der Waals surface area contributed by atoms with Crippen LogP contribution in [0.4, 0.5) is 5.82 Å². The molecule has 1 aromatic rings. The van der Waals surface area contributed by atoms with E-state index in [0.29, 0.717) is 11.6 Å². The minimum atomic E-state index is 0.214. The van der Waals surface area contributed by atoms with Gasteiger partial charge in [-0.15, -0.1) is 0 Å². The molecule has 0 bridgehead atoms. The second kappa shape index (κ2) is 7.08. The Kier molecular flexibility index (Phi) is 5.43. The molecule has 0 spiro atoms. The number of aliphatic hydroxyl groups excluding tert-OH is 1. The van der Waals surface area contributed by atoms with Gasteiger partial charge >= 0.3 is 0 Å². The van der Waals surface area contributed by atoms with Crippen molar-refractivity contribution in [2.24, 2.45) is 0 Å². The van der Waals surface area contributed by atoms with Crippen LogP contribution in [0.1, 0.15) is 31.9 Å². The highest BCUT2D eigenvalue weighted by Crippen LogP contribution is 2.23. The Morgan fingerprint density at radius 2 is 2.37 bits per heavy atom. The van der Waals surface area contributed by atoms with E-state index in [0.717, 1.165) is 43.9 Å². The Morgan fingerprint density at radius 1 is 1.53 bits per heavy atom. The van der Waals surface area contributed by atoms with Crippen molar-refractivity contribution in [2.45, 2.75) is 38.8 Å². The molecule has 1 atom stereocenters. The van der Waals surface area contributed by atoms with Crippen LogP contribution >= 0.6 is 11.6 Å². The summed E-state index contributed by atoms with van der Waals surface area (Å²) < 4.78 is 0. The average molecular weight is 284 g/mol. The zero-order valence-corrected chi connectivity index (χ0v) is 12.2. The van der Waals surface area contributed by atoms with Crippen molar-refractivity contribution in [3.8, 4) is 0 Å². The van der Waals surface area contributed by atoms with E-state index in [1.54, 1.807) is 0 Å². The Balaban J connectivity index is 2.05. The predicted octanol–water partition coefficient (Wildman–Crippen LogP) is 2.51. The van der Waals surface area contributed by atoms with Crippen LogP contribution < -0.4 is 5.32 Å². The fourth-order valence-corrected chi connectivity index (χ4v) is 2.61. The largest absolute Gasteiger partial charge is 0.395 e. The first kappa shape index (κ1) is 14.6. The number of nitrogens with zero attached hydrogens (tertiary/aromatic N) is 2. The SMILES string of the molecule is CCCNc1ccc(Cl)c(CN2CCCC2CO)n1. The van der Waals surface area contributed by atoms with Crippen LogP contribution in [0.15, 0.2) is 12.1 Å². The summed E-state index contributed by atoms with van der Waals surface area (Å²) in [4.78, 5) is 6.84. The van der Waals surface area contributed by atoms with Crippen molar-refractivity contribution >= 4 is 17.4 Å².